The molecule has 0 aliphatic heterocycles. The van der Waals surface area contributed by atoms with Crippen LogP contribution in [0.15, 0.2) is 65.6 Å². The molecule has 3 rings (SSSR count). The van der Waals surface area contributed by atoms with Crippen molar-refractivity contribution in [1.82, 2.24) is 0 Å². The largest absolute Gasteiger partial charge is 0.369 e. The number of halogens is 1. The van der Waals surface area contributed by atoms with Gasteiger partial charge in [-0.15, -0.1) is 23.1 Å². The molecule has 132 valence electrons. The molecule has 0 radical (unpaired) electrons. The first kappa shape index (κ1) is 18.5. The second kappa shape index (κ2) is 8.40. The molecule has 0 unspecified atom stereocenters. The summed E-state index contributed by atoms with van der Waals surface area (Å²) in [7, 11) is 0. The van der Waals surface area contributed by atoms with Gasteiger partial charge in [-0.1, -0.05) is 35.9 Å². The van der Waals surface area contributed by atoms with Crippen molar-refractivity contribution in [2.45, 2.75) is 4.90 Å². The summed E-state index contributed by atoms with van der Waals surface area (Å²) in [5.74, 6) is -0.434. The molecule has 0 atom stereocenters. The number of anilines is 1. The molecule has 2 aromatic carbocycles. The van der Waals surface area contributed by atoms with E-state index in [1.54, 1.807) is 12.1 Å². The van der Waals surface area contributed by atoms with E-state index < -0.39 is 5.91 Å². The highest BCUT2D eigenvalue weighted by atomic mass is 35.5. The lowest BCUT2D eigenvalue weighted by molar-refractivity contribution is -0.115. The van der Waals surface area contributed by atoms with Crippen molar-refractivity contribution >= 4 is 52.2 Å². The summed E-state index contributed by atoms with van der Waals surface area (Å²) < 4.78 is 0. The Morgan fingerprint density at radius 1 is 1.04 bits per heavy atom. The predicted octanol–water partition coefficient (Wildman–Crippen LogP) is 4.90. The zero-order valence-corrected chi connectivity index (χ0v) is 16.0. The fourth-order valence-corrected chi connectivity index (χ4v) is 4.04. The Morgan fingerprint density at radius 3 is 2.50 bits per heavy atom. The quantitative estimate of drug-likeness (QED) is 0.576. The van der Waals surface area contributed by atoms with E-state index in [1.807, 2.05) is 48.5 Å². The van der Waals surface area contributed by atoms with Crippen LogP contribution in [-0.2, 0) is 4.79 Å². The monoisotopic (exact) mass is 402 g/mol. The molecule has 0 fully saturated rings. The Balaban J connectivity index is 1.75. The second-order valence-corrected chi connectivity index (χ2v) is 7.91. The molecule has 1 heterocycles. The number of thioether (sulfide) groups is 1. The third kappa shape index (κ3) is 4.66. The van der Waals surface area contributed by atoms with Gasteiger partial charge in [0.1, 0.15) is 0 Å². The summed E-state index contributed by atoms with van der Waals surface area (Å²) in [5.41, 5.74) is 6.86. The molecule has 4 nitrogen and oxygen atoms in total. The van der Waals surface area contributed by atoms with Crippen LogP contribution in [0.5, 0.6) is 0 Å². The number of rotatable bonds is 6. The molecule has 1 aromatic heterocycles. The molecule has 2 amide bonds. The number of nitrogens with one attached hydrogen (secondary N) is 1. The average molecular weight is 403 g/mol. The van der Waals surface area contributed by atoms with Gasteiger partial charge in [0.05, 0.1) is 16.3 Å². The Hall–Kier alpha value is -2.28. The lowest BCUT2D eigenvalue weighted by atomic mass is 10.2. The first-order chi connectivity index (χ1) is 12.5. The van der Waals surface area contributed by atoms with Crippen molar-refractivity contribution in [3.63, 3.8) is 0 Å². The number of hydrogen-bond acceptors (Lipinski definition) is 4. The van der Waals surface area contributed by atoms with Gasteiger partial charge in [0.2, 0.25) is 5.91 Å². The summed E-state index contributed by atoms with van der Waals surface area (Å²) in [5, 5.41) is 3.58. The fourth-order valence-electron chi connectivity index (χ4n) is 2.26. The normalized spacial score (nSPS) is 10.5. The van der Waals surface area contributed by atoms with Crippen LogP contribution in [-0.4, -0.2) is 17.6 Å². The number of nitrogens with two attached hydrogens (primary N) is 1. The Bertz CT molecular complexity index is 939. The molecule has 3 aromatic rings. The van der Waals surface area contributed by atoms with Gasteiger partial charge in [-0.3, -0.25) is 9.59 Å². The summed E-state index contributed by atoms with van der Waals surface area (Å²) in [6.45, 7) is 0. The smallest absolute Gasteiger partial charge is 0.265 e. The van der Waals surface area contributed by atoms with E-state index in [0.717, 1.165) is 15.3 Å². The molecule has 0 saturated heterocycles. The number of carbonyl (C=O) groups is 2. The number of primary amides is 1. The van der Waals surface area contributed by atoms with E-state index in [9.17, 15) is 9.59 Å². The molecular formula is C19H15ClN2O2S2. The number of benzene rings is 2. The first-order valence-electron chi connectivity index (χ1n) is 7.70. The van der Waals surface area contributed by atoms with Gasteiger partial charge in [-0.2, -0.15) is 0 Å². The van der Waals surface area contributed by atoms with E-state index in [-0.39, 0.29) is 11.7 Å². The van der Waals surface area contributed by atoms with E-state index in [1.165, 1.54) is 23.1 Å². The SMILES string of the molecule is NC(=O)CSc1ccccc1NC(=O)c1ccc(-c2ccc(Cl)cc2)s1. The standard InChI is InChI=1S/C19H15ClN2O2S2/c20-13-7-5-12(6-8-13)15-9-10-17(26-15)19(24)22-14-3-1-2-4-16(14)25-11-18(21)23/h1-10H,11H2,(H2,21,23)(H,22,24). The van der Waals surface area contributed by atoms with Crippen LogP contribution >= 0.6 is 34.7 Å². The van der Waals surface area contributed by atoms with Gasteiger partial charge < -0.3 is 11.1 Å². The van der Waals surface area contributed by atoms with Gasteiger partial charge in [0.15, 0.2) is 0 Å². The predicted molar refractivity (Wildman–Crippen MR) is 109 cm³/mol. The Kier molecular flexibility index (Phi) is 5.98. The number of thiophene rings is 1. The van der Waals surface area contributed by atoms with Crippen molar-refractivity contribution in [2.24, 2.45) is 5.73 Å². The highest BCUT2D eigenvalue weighted by molar-refractivity contribution is 8.00. The van der Waals surface area contributed by atoms with E-state index in [0.29, 0.717) is 15.6 Å². The van der Waals surface area contributed by atoms with Gasteiger partial charge >= 0.3 is 0 Å². The zero-order chi connectivity index (χ0) is 18.5. The summed E-state index contributed by atoms with van der Waals surface area (Å²) in [6.07, 6.45) is 0. The first-order valence-corrected chi connectivity index (χ1v) is 9.88. The second-order valence-electron chi connectivity index (χ2n) is 5.38. The maximum atomic E-state index is 12.6. The van der Waals surface area contributed by atoms with Crippen molar-refractivity contribution in [2.75, 3.05) is 11.1 Å². The Morgan fingerprint density at radius 2 is 1.77 bits per heavy atom. The summed E-state index contributed by atoms with van der Waals surface area (Å²) >= 11 is 8.62. The summed E-state index contributed by atoms with van der Waals surface area (Å²) in [6, 6.07) is 18.5. The van der Waals surface area contributed by atoms with Gasteiger partial charge in [-0.05, 0) is 42.0 Å². The molecule has 0 aliphatic rings. The van der Waals surface area contributed by atoms with Crippen LogP contribution in [0.3, 0.4) is 0 Å². The third-order valence-corrected chi connectivity index (χ3v) is 5.94. The topological polar surface area (TPSA) is 72.2 Å². The molecule has 26 heavy (non-hydrogen) atoms. The third-order valence-electron chi connectivity index (χ3n) is 3.46. The lowest BCUT2D eigenvalue weighted by Crippen LogP contribution is -2.14. The van der Waals surface area contributed by atoms with E-state index in [2.05, 4.69) is 5.32 Å². The minimum absolute atomic E-state index is 0.159. The highest BCUT2D eigenvalue weighted by Crippen LogP contribution is 2.31. The number of hydrogen-bond donors (Lipinski definition) is 2. The van der Waals surface area contributed by atoms with Crippen molar-refractivity contribution in [3.05, 3.63) is 70.6 Å². The Labute approximate surface area is 164 Å². The highest BCUT2D eigenvalue weighted by Gasteiger charge is 2.13. The number of para-hydroxylation sites is 1. The molecule has 0 spiro atoms. The maximum Gasteiger partial charge on any atom is 0.265 e. The zero-order valence-electron chi connectivity index (χ0n) is 13.6. The van der Waals surface area contributed by atoms with Crippen LogP contribution in [0, 0.1) is 0 Å². The van der Waals surface area contributed by atoms with Crippen LogP contribution in [0.2, 0.25) is 5.02 Å². The van der Waals surface area contributed by atoms with Crippen molar-refractivity contribution in [3.8, 4) is 10.4 Å². The van der Waals surface area contributed by atoms with Gasteiger partial charge in [-0.25, -0.2) is 0 Å². The molecular weight excluding hydrogens is 388 g/mol. The van der Waals surface area contributed by atoms with Crippen LogP contribution in [0.25, 0.3) is 10.4 Å². The molecule has 0 saturated carbocycles. The molecule has 0 aliphatic carbocycles. The molecule has 7 heteroatoms. The van der Waals surface area contributed by atoms with Crippen LogP contribution < -0.4 is 11.1 Å². The van der Waals surface area contributed by atoms with E-state index >= 15 is 0 Å². The average Bonchev–Trinajstić information content (AvgIpc) is 3.12. The fraction of sp³-hybridized carbons (Fsp3) is 0.0526. The minimum Gasteiger partial charge on any atom is -0.369 e. The van der Waals surface area contributed by atoms with Gasteiger partial charge in [0, 0.05) is 14.8 Å². The molecule has 0 bridgehead atoms. The minimum atomic E-state index is -0.401. The van der Waals surface area contributed by atoms with Crippen LogP contribution in [0.1, 0.15) is 9.67 Å². The summed E-state index contributed by atoms with van der Waals surface area (Å²) in [4.78, 5) is 26.0. The maximum absolute atomic E-state index is 12.6. The lowest BCUT2D eigenvalue weighted by Gasteiger charge is -2.09. The van der Waals surface area contributed by atoms with Crippen molar-refractivity contribution < 1.29 is 9.59 Å². The van der Waals surface area contributed by atoms with Crippen molar-refractivity contribution in [1.29, 1.82) is 0 Å². The van der Waals surface area contributed by atoms with Crippen LogP contribution in [0.4, 0.5) is 5.69 Å². The number of amides is 2. The van der Waals surface area contributed by atoms with Gasteiger partial charge in [0.25, 0.3) is 5.91 Å². The number of carbonyl (C=O) groups excluding carboxylic acids is 2. The van der Waals surface area contributed by atoms with E-state index in [4.69, 9.17) is 17.3 Å². The molecule has 3 N–H and O–H groups in total.